The van der Waals surface area contributed by atoms with Crippen molar-refractivity contribution in [2.75, 3.05) is 20.1 Å². The van der Waals surface area contributed by atoms with Gasteiger partial charge in [0.1, 0.15) is 4.90 Å². The van der Waals surface area contributed by atoms with Crippen LogP contribution in [0, 0.1) is 0 Å². The van der Waals surface area contributed by atoms with E-state index >= 15 is 0 Å². The highest BCUT2D eigenvalue weighted by Crippen LogP contribution is 2.10. The Hall–Kier alpha value is -1.41. The maximum Gasteiger partial charge on any atom is 0.246 e. The van der Waals surface area contributed by atoms with Crippen LogP contribution in [0.1, 0.15) is 6.92 Å². The first-order chi connectivity index (χ1) is 7.48. The number of nitrogens with zero attached hydrogens (tertiary/aromatic N) is 2. The molecular weight excluding hydrogens is 232 g/mol. The van der Waals surface area contributed by atoms with Gasteiger partial charge in [0.2, 0.25) is 15.9 Å². The number of amides is 1. The molecule has 0 atom stereocenters. The van der Waals surface area contributed by atoms with E-state index < -0.39 is 10.0 Å². The van der Waals surface area contributed by atoms with Crippen LogP contribution in [-0.4, -0.2) is 49.0 Å². The Labute approximate surface area is 93.9 Å². The Kier molecular flexibility index (Phi) is 4.02. The van der Waals surface area contributed by atoms with Crippen molar-refractivity contribution in [3.8, 4) is 0 Å². The molecule has 90 valence electrons. The minimum Gasteiger partial charge on any atom is -0.355 e. The molecule has 0 radical (unpaired) electrons. The summed E-state index contributed by atoms with van der Waals surface area (Å²) in [4.78, 5) is 11.3. The Morgan fingerprint density at radius 2 is 2.31 bits per heavy atom. The summed E-state index contributed by atoms with van der Waals surface area (Å²) in [7, 11) is -2.29. The largest absolute Gasteiger partial charge is 0.355 e. The summed E-state index contributed by atoms with van der Waals surface area (Å²) >= 11 is 0. The van der Waals surface area contributed by atoms with Gasteiger partial charge in [-0.1, -0.05) is 0 Å². The van der Waals surface area contributed by atoms with Crippen molar-refractivity contribution in [1.29, 1.82) is 0 Å². The molecule has 0 aromatic carbocycles. The molecule has 1 aromatic heterocycles. The molecule has 0 fully saturated rings. The zero-order valence-corrected chi connectivity index (χ0v) is 9.91. The molecule has 1 aromatic rings. The van der Waals surface area contributed by atoms with E-state index in [1.54, 1.807) is 6.92 Å². The number of sulfonamides is 1. The highest BCUT2D eigenvalue weighted by atomic mass is 32.2. The minimum absolute atomic E-state index is 0.0410. The average molecular weight is 246 g/mol. The standard InChI is InChI=1S/C8H14N4O3S/c1-3-9-8(13)6-12(2)16(14,15)7-4-10-11-5-7/h4-5H,3,6H2,1-2H3,(H,9,13)(H,10,11). The molecule has 0 aliphatic heterocycles. The van der Waals surface area contributed by atoms with Crippen molar-refractivity contribution < 1.29 is 13.2 Å². The van der Waals surface area contributed by atoms with Crippen LogP contribution in [0.3, 0.4) is 0 Å². The molecule has 2 N–H and O–H groups in total. The zero-order valence-electron chi connectivity index (χ0n) is 9.10. The van der Waals surface area contributed by atoms with Crippen molar-refractivity contribution in [1.82, 2.24) is 19.8 Å². The molecule has 0 aliphatic rings. The first kappa shape index (κ1) is 12.7. The van der Waals surface area contributed by atoms with Crippen LogP contribution in [-0.2, 0) is 14.8 Å². The fourth-order valence-corrected chi connectivity index (χ4v) is 2.13. The zero-order chi connectivity index (χ0) is 12.2. The number of carbonyl (C=O) groups is 1. The van der Waals surface area contributed by atoms with Gasteiger partial charge in [-0.3, -0.25) is 9.89 Å². The fraction of sp³-hybridized carbons (Fsp3) is 0.500. The van der Waals surface area contributed by atoms with Crippen LogP contribution in [0.4, 0.5) is 0 Å². The normalized spacial score (nSPS) is 11.7. The second kappa shape index (κ2) is 5.08. The third-order valence-corrected chi connectivity index (χ3v) is 3.69. The smallest absolute Gasteiger partial charge is 0.246 e. The molecule has 8 heteroatoms. The number of nitrogens with one attached hydrogen (secondary N) is 2. The van der Waals surface area contributed by atoms with E-state index in [1.807, 2.05) is 0 Å². The molecule has 1 rings (SSSR count). The van der Waals surface area contributed by atoms with Crippen molar-refractivity contribution in [2.24, 2.45) is 0 Å². The summed E-state index contributed by atoms with van der Waals surface area (Å²) in [6, 6.07) is 0. The summed E-state index contributed by atoms with van der Waals surface area (Å²) < 4.78 is 24.6. The van der Waals surface area contributed by atoms with Crippen LogP contribution in [0.5, 0.6) is 0 Å². The molecule has 0 saturated heterocycles. The third kappa shape index (κ3) is 2.80. The van der Waals surface area contributed by atoms with E-state index in [-0.39, 0.29) is 17.3 Å². The summed E-state index contributed by atoms with van der Waals surface area (Å²) in [5.74, 6) is -0.336. The second-order valence-electron chi connectivity index (χ2n) is 3.15. The van der Waals surface area contributed by atoms with Gasteiger partial charge < -0.3 is 5.32 Å². The Balaban J connectivity index is 2.74. The number of likely N-dealkylation sites (N-methyl/N-ethyl adjacent to an activating group) is 2. The second-order valence-corrected chi connectivity index (χ2v) is 5.19. The first-order valence-corrected chi connectivity index (χ1v) is 6.14. The van der Waals surface area contributed by atoms with Crippen molar-refractivity contribution in [2.45, 2.75) is 11.8 Å². The lowest BCUT2D eigenvalue weighted by atomic mass is 10.5. The van der Waals surface area contributed by atoms with Crippen LogP contribution in [0.2, 0.25) is 0 Å². The summed E-state index contributed by atoms with van der Waals surface area (Å²) in [6.07, 6.45) is 2.47. The molecule has 0 spiro atoms. The van der Waals surface area contributed by atoms with Gasteiger partial charge in [-0.2, -0.15) is 9.40 Å². The highest BCUT2D eigenvalue weighted by molar-refractivity contribution is 7.89. The number of rotatable bonds is 5. The Morgan fingerprint density at radius 3 is 2.81 bits per heavy atom. The number of aromatic amines is 1. The van der Waals surface area contributed by atoms with Gasteiger partial charge in [0.05, 0.1) is 12.7 Å². The van der Waals surface area contributed by atoms with Crippen molar-refractivity contribution in [3.63, 3.8) is 0 Å². The number of aromatic nitrogens is 2. The molecule has 0 bridgehead atoms. The van der Waals surface area contributed by atoms with Crippen LogP contribution < -0.4 is 5.32 Å². The minimum atomic E-state index is -3.63. The quantitative estimate of drug-likeness (QED) is 0.708. The van der Waals surface area contributed by atoms with Gasteiger partial charge in [-0.05, 0) is 6.92 Å². The predicted molar refractivity (Wildman–Crippen MR) is 57.1 cm³/mol. The lowest BCUT2D eigenvalue weighted by molar-refractivity contribution is -0.121. The van der Waals surface area contributed by atoms with E-state index in [1.165, 1.54) is 19.4 Å². The lowest BCUT2D eigenvalue weighted by Gasteiger charge is -2.14. The maximum atomic E-state index is 11.8. The van der Waals surface area contributed by atoms with E-state index in [0.29, 0.717) is 6.54 Å². The summed E-state index contributed by atoms with van der Waals surface area (Å²) in [5.41, 5.74) is 0. The number of hydrogen-bond acceptors (Lipinski definition) is 4. The predicted octanol–water partition coefficient (Wildman–Crippen LogP) is -0.834. The average Bonchev–Trinajstić information content (AvgIpc) is 2.70. The SMILES string of the molecule is CCNC(=O)CN(C)S(=O)(=O)c1cn[nH]c1. The van der Waals surface area contributed by atoms with Gasteiger partial charge in [0, 0.05) is 19.8 Å². The Bertz CT molecular complexity index is 440. The van der Waals surface area contributed by atoms with Crippen molar-refractivity contribution >= 4 is 15.9 Å². The van der Waals surface area contributed by atoms with Gasteiger partial charge in [-0.25, -0.2) is 8.42 Å². The molecule has 0 unspecified atom stereocenters. The van der Waals surface area contributed by atoms with Crippen LogP contribution >= 0.6 is 0 Å². The van der Waals surface area contributed by atoms with Gasteiger partial charge in [0.25, 0.3) is 0 Å². The van der Waals surface area contributed by atoms with E-state index in [2.05, 4.69) is 15.5 Å². The molecule has 0 aliphatic carbocycles. The number of carbonyl (C=O) groups excluding carboxylic acids is 1. The van der Waals surface area contributed by atoms with E-state index in [9.17, 15) is 13.2 Å². The molecule has 1 heterocycles. The lowest BCUT2D eigenvalue weighted by Crippen LogP contribution is -2.38. The van der Waals surface area contributed by atoms with Crippen LogP contribution in [0.15, 0.2) is 17.3 Å². The molecule has 0 saturated carbocycles. The monoisotopic (exact) mass is 246 g/mol. The van der Waals surface area contributed by atoms with Gasteiger partial charge >= 0.3 is 0 Å². The molecule has 16 heavy (non-hydrogen) atoms. The number of hydrogen-bond donors (Lipinski definition) is 2. The van der Waals surface area contributed by atoms with Crippen LogP contribution in [0.25, 0.3) is 0 Å². The number of H-pyrrole nitrogens is 1. The molecule has 7 nitrogen and oxygen atoms in total. The molecule has 1 amide bonds. The first-order valence-electron chi connectivity index (χ1n) is 4.70. The Morgan fingerprint density at radius 1 is 1.62 bits per heavy atom. The highest BCUT2D eigenvalue weighted by Gasteiger charge is 2.23. The van der Waals surface area contributed by atoms with Gasteiger partial charge in [0.15, 0.2) is 0 Å². The third-order valence-electron chi connectivity index (χ3n) is 1.92. The summed E-state index contributed by atoms with van der Waals surface area (Å²) in [6.45, 7) is 2.03. The van der Waals surface area contributed by atoms with Crippen molar-refractivity contribution in [3.05, 3.63) is 12.4 Å². The van der Waals surface area contributed by atoms with Gasteiger partial charge in [-0.15, -0.1) is 0 Å². The summed E-state index contributed by atoms with van der Waals surface area (Å²) in [5, 5.41) is 8.49. The van der Waals surface area contributed by atoms with E-state index in [0.717, 1.165) is 4.31 Å². The molecular formula is C8H14N4O3S. The fourth-order valence-electron chi connectivity index (χ4n) is 1.10. The topological polar surface area (TPSA) is 95.2 Å². The van der Waals surface area contributed by atoms with E-state index in [4.69, 9.17) is 0 Å². The maximum absolute atomic E-state index is 11.8.